The third-order valence-electron chi connectivity index (χ3n) is 2.91. The average molecular weight is 194 g/mol. The minimum absolute atomic E-state index is 0.491. The Morgan fingerprint density at radius 2 is 2.14 bits per heavy atom. The van der Waals surface area contributed by atoms with Crippen LogP contribution >= 0.6 is 0 Å². The van der Waals surface area contributed by atoms with Gasteiger partial charge in [-0.1, -0.05) is 0 Å². The zero-order chi connectivity index (χ0) is 9.97. The number of nitrogens with one attached hydrogen (secondary N) is 1. The molecule has 0 aliphatic carbocycles. The van der Waals surface area contributed by atoms with Crippen LogP contribution in [0.3, 0.4) is 0 Å². The topological polar surface area (TPSA) is 33.1 Å². The standard InChI is InChI=1S/C10H18N4/c1-9(10-7-12-13(2)8-10)14-5-3-11-4-6-14/h7-9,11H,3-6H2,1-2H3. The Hall–Kier alpha value is -0.870. The van der Waals surface area contributed by atoms with Crippen molar-refractivity contribution < 1.29 is 0 Å². The monoisotopic (exact) mass is 194 g/mol. The number of aromatic nitrogens is 2. The van der Waals surface area contributed by atoms with Crippen molar-refractivity contribution in [2.75, 3.05) is 26.2 Å². The summed E-state index contributed by atoms with van der Waals surface area (Å²) < 4.78 is 1.87. The van der Waals surface area contributed by atoms with Gasteiger partial charge in [-0.15, -0.1) is 0 Å². The van der Waals surface area contributed by atoms with Gasteiger partial charge in [0.1, 0.15) is 0 Å². The van der Waals surface area contributed by atoms with Crippen LogP contribution in [0.4, 0.5) is 0 Å². The lowest BCUT2D eigenvalue weighted by atomic mass is 10.1. The van der Waals surface area contributed by atoms with E-state index in [0.29, 0.717) is 6.04 Å². The van der Waals surface area contributed by atoms with Crippen LogP contribution in [0.15, 0.2) is 12.4 Å². The van der Waals surface area contributed by atoms with E-state index >= 15 is 0 Å². The van der Waals surface area contributed by atoms with Gasteiger partial charge in [-0.05, 0) is 6.92 Å². The highest BCUT2D eigenvalue weighted by molar-refractivity contribution is 5.09. The second-order valence-electron chi connectivity index (χ2n) is 3.91. The lowest BCUT2D eigenvalue weighted by Crippen LogP contribution is -2.44. The summed E-state index contributed by atoms with van der Waals surface area (Å²) in [5.41, 5.74) is 1.31. The van der Waals surface area contributed by atoms with Crippen LogP contribution in [0.1, 0.15) is 18.5 Å². The second-order valence-corrected chi connectivity index (χ2v) is 3.91. The summed E-state index contributed by atoms with van der Waals surface area (Å²) in [6.45, 7) is 6.73. The summed E-state index contributed by atoms with van der Waals surface area (Å²) in [6.07, 6.45) is 4.07. The molecule has 4 heteroatoms. The third kappa shape index (κ3) is 1.96. The predicted molar refractivity (Wildman–Crippen MR) is 56.1 cm³/mol. The number of aryl methyl sites for hydroxylation is 1. The molecule has 0 bridgehead atoms. The van der Waals surface area contributed by atoms with Crippen LogP contribution in [0.25, 0.3) is 0 Å². The summed E-state index contributed by atoms with van der Waals surface area (Å²) in [6, 6.07) is 0.491. The molecule has 4 nitrogen and oxygen atoms in total. The highest BCUT2D eigenvalue weighted by atomic mass is 15.3. The van der Waals surface area contributed by atoms with Crippen molar-refractivity contribution >= 4 is 0 Å². The summed E-state index contributed by atoms with van der Waals surface area (Å²) in [5.74, 6) is 0. The van der Waals surface area contributed by atoms with Crippen molar-refractivity contribution in [1.82, 2.24) is 20.0 Å². The molecule has 14 heavy (non-hydrogen) atoms. The summed E-state index contributed by atoms with van der Waals surface area (Å²) in [4.78, 5) is 2.49. The fraction of sp³-hybridized carbons (Fsp3) is 0.700. The molecule has 1 fully saturated rings. The van der Waals surface area contributed by atoms with Crippen molar-refractivity contribution in [3.8, 4) is 0 Å². The summed E-state index contributed by atoms with van der Waals surface area (Å²) >= 11 is 0. The number of nitrogens with zero attached hydrogens (tertiary/aromatic N) is 3. The van der Waals surface area contributed by atoms with Gasteiger partial charge in [-0.2, -0.15) is 5.10 Å². The largest absolute Gasteiger partial charge is 0.314 e. The Labute approximate surface area is 84.9 Å². The van der Waals surface area contributed by atoms with Crippen LogP contribution in [0.2, 0.25) is 0 Å². The van der Waals surface area contributed by atoms with Gasteiger partial charge in [0.2, 0.25) is 0 Å². The Morgan fingerprint density at radius 1 is 1.43 bits per heavy atom. The van der Waals surface area contributed by atoms with Gasteiger partial charge in [0, 0.05) is 51.0 Å². The number of hydrogen-bond acceptors (Lipinski definition) is 3. The van der Waals surface area contributed by atoms with Crippen LogP contribution in [-0.2, 0) is 7.05 Å². The molecule has 0 aromatic carbocycles. The van der Waals surface area contributed by atoms with Gasteiger partial charge in [-0.25, -0.2) is 0 Å². The zero-order valence-corrected chi connectivity index (χ0v) is 8.90. The van der Waals surface area contributed by atoms with Crippen LogP contribution in [-0.4, -0.2) is 40.9 Å². The first-order valence-electron chi connectivity index (χ1n) is 5.20. The van der Waals surface area contributed by atoms with E-state index in [4.69, 9.17) is 0 Å². The predicted octanol–water partition coefficient (Wildman–Crippen LogP) is 0.386. The molecule has 2 rings (SSSR count). The van der Waals surface area contributed by atoms with Crippen LogP contribution < -0.4 is 5.32 Å². The SMILES string of the molecule is CC(c1cnn(C)c1)N1CCNCC1. The maximum absolute atomic E-state index is 4.21. The fourth-order valence-corrected chi connectivity index (χ4v) is 1.94. The second kappa shape index (κ2) is 4.11. The quantitative estimate of drug-likeness (QED) is 0.739. The number of rotatable bonds is 2. The Kier molecular flexibility index (Phi) is 2.84. The van der Waals surface area contributed by atoms with Crippen molar-refractivity contribution in [3.63, 3.8) is 0 Å². The van der Waals surface area contributed by atoms with Crippen molar-refractivity contribution in [2.45, 2.75) is 13.0 Å². The van der Waals surface area contributed by atoms with E-state index in [-0.39, 0.29) is 0 Å². The number of hydrogen-bond donors (Lipinski definition) is 1. The normalized spacial score (nSPS) is 21.0. The Morgan fingerprint density at radius 3 is 2.71 bits per heavy atom. The molecule has 1 unspecified atom stereocenters. The van der Waals surface area contributed by atoms with Gasteiger partial charge in [0.25, 0.3) is 0 Å². The molecule has 1 aliphatic heterocycles. The van der Waals surface area contributed by atoms with Crippen molar-refractivity contribution in [3.05, 3.63) is 18.0 Å². The fourth-order valence-electron chi connectivity index (χ4n) is 1.94. The maximum Gasteiger partial charge on any atom is 0.0537 e. The first-order valence-corrected chi connectivity index (χ1v) is 5.20. The molecule has 2 heterocycles. The lowest BCUT2D eigenvalue weighted by Gasteiger charge is -2.32. The lowest BCUT2D eigenvalue weighted by molar-refractivity contribution is 0.185. The van der Waals surface area contributed by atoms with Gasteiger partial charge in [0.15, 0.2) is 0 Å². The van der Waals surface area contributed by atoms with E-state index < -0.39 is 0 Å². The number of piperazine rings is 1. The molecule has 0 radical (unpaired) electrons. The summed E-state index contributed by atoms with van der Waals surface area (Å²) in [7, 11) is 1.97. The van der Waals surface area contributed by atoms with Gasteiger partial charge >= 0.3 is 0 Å². The summed E-state index contributed by atoms with van der Waals surface area (Å²) in [5, 5.41) is 7.57. The van der Waals surface area contributed by atoms with E-state index in [1.165, 1.54) is 5.56 Å². The molecular weight excluding hydrogens is 176 g/mol. The minimum Gasteiger partial charge on any atom is -0.314 e. The van der Waals surface area contributed by atoms with Crippen LogP contribution in [0, 0.1) is 0 Å². The molecule has 1 saturated heterocycles. The Balaban J connectivity index is 2.03. The highest BCUT2D eigenvalue weighted by Crippen LogP contribution is 2.19. The molecule has 1 aliphatic rings. The molecule has 1 aromatic heterocycles. The highest BCUT2D eigenvalue weighted by Gasteiger charge is 2.18. The molecule has 1 aromatic rings. The van der Waals surface area contributed by atoms with E-state index in [0.717, 1.165) is 26.2 Å². The van der Waals surface area contributed by atoms with Crippen LogP contribution in [0.5, 0.6) is 0 Å². The van der Waals surface area contributed by atoms with E-state index in [1.807, 2.05) is 17.9 Å². The average Bonchev–Trinajstić information content (AvgIpc) is 2.65. The molecule has 0 amide bonds. The third-order valence-corrected chi connectivity index (χ3v) is 2.91. The van der Waals surface area contributed by atoms with Crippen molar-refractivity contribution in [1.29, 1.82) is 0 Å². The zero-order valence-electron chi connectivity index (χ0n) is 8.90. The van der Waals surface area contributed by atoms with Gasteiger partial charge in [0.05, 0.1) is 6.20 Å². The van der Waals surface area contributed by atoms with E-state index in [2.05, 4.69) is 28.4 Å². The van der Waals surface area contributed by atoms with Gasteiger partial charge in [-0.3, -0.25) is 9.58 Å². The molecule has 0 saturated carbocycles. The Bertz CT molecular complexity index is 288. The smallest absolute Gasteiger partial charge is 0.0537 e. The molecule has 1 atom stereocenters. The molecule has 1 N–H and O–H groups in total. The van der Waals surface area contributed by atoms with Gasteiger partial charge < -0.3 is 5.32 Å². The molecule has 78 valence electrons. The first kappa shape index (κ1) is 9.68. The van der Waals surface area contributed by atoms with E-state index in [1.54, 1.807) is 0 Å². The van der Waals surface area contributed by atoms with Crippen molar-refractivity contribution in [2.24, 2.45) is 7.05 Å². The molecule has 0 spiro atoms. The molecular formula is C10H18N4. The maximum atomic E-state index is 4.21. The van der Waals surface area contributed by atoms with E-state index in [9.17, 15) is 0 Å². The first-order chi connectivity index (χ1) is 6.77. The minimum atomic E-state index is 0.491.